The van der Waals surface area contributed by atoms with Gasteiger partial charge in [-0.2, -0.15) is 0 Å². The number of methoxy groups -OCH3 is 1. The molecule has 7 nitrogen and oxygen atoms in total. The predicted molar refractivity (Wildman–Crippen MR) is 129 cm³/mol. The van der Waals surface area contributed by atoms with Gasteiger partial charge in [0.05, 0.1) is 23.4 Å². The molecule has 174 valence electrons. The highest BCUT2D eigenvalue weighted by molar-refractivity contribution is 7.95. The maximum Gasteiger partial charge on any atom is 0.271 e. The van der Waals surface area contributed by atoms with E-state index in [1.807, 2.05) is 0 Å². The van der Waals surface area contributed by atoms with Crippen molar-refractivity contribution < 1.29 is 26.0 Å². The van der Waals surface area contributed by atoms with Crippen LogP contribution in [0.1, 0.15) is 11.3 Å². The zero-order valence-electron chi connectivity index (χ0n) is 18.0. The summed E-state index contributed by atoms with van der Waals surface area (Å²) in [4.78, 5) is 4.22. The minimum atomic E-state index is -4.14. The number of sulfone groups is 1. The van der Waals surface area contributed by atoms with Crippen molar-refractivity contribution >= 4 is 58.3 Å². The van der Waals surface area contributed by atoms with Crippen molar-refractivity contribution in [3.8, 4) is 15.6 Å². The largest absolute Gasteiger partial charge is 0.486 e. The first-order valence-corrected chi connectivity index (χ1v) is 14.5. The Kier molecular flexibility index (Phi) is 5.97. The molecule has 0 aliphatic rings. The molecule has 0 radical (unpaired) electrons. The molecule has 2 aromatic heterocycles. The number of aryl methyl sites for hydroxylation is 2. The third-order valence-corrected chi connectivity index (χ3v) is 10.5. The zero-order chi connectivity index (χ0) is 24.1. The number of thiophene rings is 1. The molecule has 0 fully saturated rings. The highest BCUT2D eigenvalue weighted by Crippen LogP contribution is 2.38. The fourth-order valence-electron chi connectivity index (χ4n) is 3.36. The maximum atomic E-state index is 13.6. The normalized spacial score (nSPS) is 12.3. The predicted octanol–water partition coefficient (Wildman–Crippen LogP) is 4.99. The molecule has 0 aliphatic heterocycles. The SMILES string of the molecule is COc1sc(-c2ccc(NS(=O)(=O)c3sc4ccc(F)cc4c3C)c(S(C)(=O)=O)c2)nc1C. The summed E-state index contributed by atoms with van der Waals surface area (Å²) < 4.78 is 73.3. The second kappa shape index (κ2) is 8.35. The van der Waals surface area contributed by atoms with Crippen LogP contribution in [0.4, 0.5) is 10.1 Å². The van der Waals surface area contributed by atoms with Crippen LogP contribution >= 0.6 is 22.7 Å². The summed E-state index contributed by atoms with van der Waals surface area (Å²) in [6.45, 7) is 3.36. The number of fused-ring (bicyclic) bond motifs is 1. The quantitative estimate of drug-likeness (QED) is 0.380. The lowest BCUT2D eigenvalue weighted by molar-refractivity contribution is 0.423. The lowest BCUT2D eigenvalue weighted by Crippen LogP contribution is -2.15. The molecular weight excluding hydrogens is 508 g/mol. The topological polar surface area (TPSA) is 102 Å². The van der Waals surface area contributed by atoms with E-state index in [4.69, 9.17) is 4.74 Å². The standard InChI is InChI=1S/C21H19FN2O5S4/c1-11-15-10-14(22)6-8-17(15)30-21(11)33(27,28)24-16-7-5-13(9-18(16)32(4,25)26)19-23-12(2)20(29-3)31-19/h5-10,24H,1-4H3. The molecule has 0 atom stereocenters. The van der Waals surface area contributed by atoms with Crippen LogP contribution in [0.5, 0.6) is 5.06 Å². The number of anilines is 1. The van der Waals surface area contributed by atoms with Gasteiger partial charge in [-0.05, 0) is 61.2 Å². The van der Waals surface area contributed by atoms with Gasteiger partial charge in [-0.25, -0.2) is 26.2 Å². The number of thiazole rings is 1. The molecule has 0 saturated carbocycles. The second-order valence-electron chi connectivity index (χ2n) is 7.34. The number of sulfonamides is 1. The molecule has 0 saturated heterocycles. The molecule has 0 unspecified atom stereocenters. The van der Waals surface area contributed by atoms with Crippen molar-refractivity contribution in [1.29, 1.82) is 0 Å². The average molecular weight is 527 g/mol. The number of rotatable bonds is 6. The molecule has 2 aromatic carbocycles. The van der Waals surface area contributed by atoms with E-state index in [1.165, 1.54) is 48.8 Å². The van der Waals surface area contributed by atoms with Gasteiger partial charge >= 0.3 is 0 Å². The van der Waals surface area contributed by atoms with Crippen molar-refractivity contribution in [3.05, 3.63) is 53.5 Å². The number of ether oxygens (including phenoxy) is 1. The summed E-state index contributed by atoms with van der Waals surface area (Å²) >= 11 is 2.25. The molecule has 0 aliphatic carbocycles. The van der Waals surface area contributed by atoms with E-state index in [1.54, 1.807) is 19.9 Å². The Balaban J connectivity index is 1.79. The minimum Gasteiger partial charge on any atom is -0.486 e. The van der Waals surface area contributed by atoms with Crippen LogP contribution in [-0.4, -0.2) is 35.2 Å². The number of nitrogens with one attached hydrogen (secondary N) is 1. The summed E-state index contributed by atoms with van der Waals surface area (Å²) in [5.41, 5.74) is 1.50. The van der Waals surface area contributed by atoms with E-state index in [2.05, 4.69) is 9.71 Å². The summed E-state index contributed by atoms with van der Waals surface area (Å²) in [6, 6.07) is 8.44. The van der Waals surface area contributed by atoms with Crippen LogP contribution in [0.15, 0.2) is 45.5 Å². The molecule has 1 N–H and O–H groups in total. The molecule has 4 rings (SSSR count). The lowest BCUT2D eigenvalue weighted by Gasteiger charge is -2.12. The van der Waals surface area contributed by atoms with Crippen LogP contribution in [0.3, 0.4) is 0 Å². The van der Waals surface area contributed by atoms with Gasteiger partial charge in [0.15, 0.2) is 14.9 Å². The van der Waals surface area contributed by atoms with Crippen molar-refractivity contribution in [1.82, 2.24) is 4.98 Å². The first kappa shape index (κ1) is 23.6. The van der Waals surface area contributed by atoms with Crippen LogP contribution in [0, 0.1) is 19.7 Å². The summed E-state index contributed by atoms with van der Waals surface area (Å²) in [5.74, 6) is -0.468. The number of nitrogens with zero attached hydrogens (tertiary/aromatic N) is 1. The number of benzene rings is 2. The van der Waals surface area contributed by atoms with Gasteiger partial charge < -0.3 is 4.74 Å². The molecule has 4 aromatic rings. The molecular formula is C21H19FN2O5S4. The van der Waals surface area contributed by atoms with Crippen LogP contribution in [-0.2, 0) is 19.9 Å². The minimum absolute atomic E-state index is 0.00749. The third kappa shape index (κ3) is 4.47. The van der Waals surface area contributed by atoms with Gasteiger partial charge in [0, 0.05) is 16.5 Å². The van der Waals surface area contributed by atoms with Gasteiger partial charge in [-0.3, -0.25) is 4.72 Å². The number of halogens is 1. The lowest BCUT2D eigenvalue weighted by atomic mass is 10.2. The van der Waals surface area contributed by atoms with E-state index in [0.717, 1.165) is 17.6 Å². The van der Waals surface area contributed by atoms with E-state index >= 15 is 0 Å². The van der Waals surface area contributed by atoms with Crippen molar-refractivity contribution in [3.63, 3.8) is 0 Å². The Labute approximate surface area is 198 Å². The van der Waals surface area contributed by atoms with Crippen molar-refractivity contribution in [2.45, 2.75) is 23.0 Å². The first-order chi connectivity index (χ1) is 15.4. The zero-order valence-corrected chi connectivity index (χ0v) is 21.2. The highest BCUT2D eigenvalue weighted by atomic mass is 32.2. The Morgan fingerprint density at radius 1 is 1.03 bits per heavy atom. The number of hydrogen-bond donors (Lipinski definition) is 1. The molecule has 33 heavy (non-hydrogen) atoms. The highest BCUT2D eigenvalue weighted by Gasteiger charge is 2.25. The van der Waals surface area contributed by atoms with E-state index in [0.29, 0.717) is 37.0 Å². The van der Waals surface area contributed by atoms with Gasteiger partial charge in [0.2, 0.25) is 0 Å². The van der Waals surface area contributed by atoms with Crippen molar-refractivity contribution in [2.24, 2.45) is 0 Å². The average Bonchev–Trinajstić information content (AvgIpc) is 3.27. The maximum absolute atomic E-state index is 13.6. The summed E-state index contributed by atoms with van der Waals surface area (Å²) in [7, 11) is -6.41. The molecule has 12 heteroatoms. The number of hydrogen-bond acceptors (Lipinski definition) is 8. The first-order valence-electron chi connectivity index (χ1n) is 9.48. The second-order valence-corrected chi connectivity index (χ2v) is 13.2. The van der Waals surface area contributed by atoms with Gasteiger partial charge in [0.25, 0.3) is 10.0 Å². The van der Waals surface area contributed by atoms with Crippen LogP contribution < -0.4 is 9.46 Å². The summed E-state index contributed by atoms with van der Waals surface area (Å²) in [5, 5.41) is 1.64. The Hall–Kier alpha value is -2.54. The molecule has 0 bridgehead atoms. The van der Waals surface area contributed by atoms with Gasteiger partial charge in [0.1, 0.15) is 15.0 Å². The van der Waals surface area contributed by atoms with Gasteiger partial charge in [-0.15, -0.1) is 11.3 Å². The van der Waals surface area contributed by atoms with Crippen LogP contribution in [0.2, 0.25) is 0 Å². The monoisotopic (exact) mass is 526 g/mol. The Bertz CT molecular complexity index is 1610. The Morgan fingerprint density at radius 3 is 2.39 bits per heavy atom. The van der Waals surface area contributed by atoms with E-state index < -0.39 is 25.7 Å². The fourth-order valence-corrected chi connectivity index (χ4v) is 7.99. The molecule has 2 heterocycles. The van der Waals surface area contributed by atoms with E-state index in [-0.39, 0.29) is 14.8 Å². The summed E-state index contributed by atoms with van der Waals surface area (Å²) in [6.07, 6.45) is 1.01. The fraction of sp³-hybridized carbons (Fsp3) is 0.190. The van der Waals surface area contributed by atoms with E-state index in [9.17, 15) is 21.2 Å². The van der Waals surface area contributed by atoms with Gasteiger partial charge in [-0.1, -0.05) is 11.3 Å². The smallest absolute Gasteiger partial charge is 0.271 e. The molecule has 0 spiro atoms. The molecule has 0 amide bonds. The number of aromatic nitrogens is 1. The third-order valence-electron chi connectivity index (χ3n) is 4.91. The van der Waals surface area contributed by atoms with Crippen molar-refractivity contribution in [2.75, 3.05) is 18.1 Å². The Morgan fingerprint density at radius 2 is 1.76 bits per heavy atom. The van der Waals surface area contributed by atoms with Crippen LogP contribution in [0.25, 0.3) is 20.7 Å².